The average molecular weight is 1470 g/mol. The average Bonchev–Trinajstić information content (AvgIpc) is 0.859. The summed E-state index contributed by atoms with van der Waals surface area (Å²) in [6.07, 6.45) is 6.25. The molecule has 0 N–H and O–H groups in total. The number of benzene rings is 14. The summed E-state index contributed by atoms with van der Waals surface area (Å²) in [6, 6.07) is 114. The highest BCUT2D eigenvalue weighted by Gasteiger charge is 2.12. The number of hydrogen-bond donors (Lipinski definition) is 0. The van der Waals surface area contributed by atoms with Gasteiger partial charge in [-0.15, -0.1) is 0 Å². The van der Waals surface area contributed by atoms with Gasteiger partial charge in [0.25, 0.3) is 0 Å². The van der Waals surface area contributed by atoms with E-state index in [4.69, 9.17) is 0 Å². The molecule has 0 heteroatoms. The summed E-state index contributed by atoms with van der Waals surface area (Å²) in [4.78, 5) is 0. The first-order valence-electron chi connectivity index (χ1n) is 40.5. The Kier molecular flexibility index (Phi) is 40.3. The molecule has 0 amide bonds. The lowest BCUT2D eigenvalue weighted by Gasteiger charge is -2.18. The Morgan fingerprint density at radius 1 is 0.261 bits per heavy atom. The van der Waals surface area contributed by atoms with Crippen molar-refractivity contribution in [3.8, 4) is 22.3 Å². The summed E-state index contributed by atoms with van der Waals surface area (Å²) in [6.45, 7) is 49.9. The van der Waals surface area contributed by atoms with E-state index in [1.54, 1.807) is 0 Å². The van der Waals surface area contributed by atoms with Gasteiger partial charge in [-0.1, -0.05) is 450 Å². The third kappa shape index (κ3) is 36.3. The van der Waals surface area contributed by atoms with Crippen molar-refractivity contribution in [1.82, 2.24) is 0 Å². The van der Waals surface area contributed by atoms with E-state index in [1.807, 2.05) is 12.1 Å². The van der Waals surface area contributed by atoms with Crippen molar-refractivity contribution in [3.63, 3.8) is 0 Å². The van der Waals surface area contributed by atoms with Crippen LogP contribution in [0.3, 0.4) is 0 Å². The summed E-state index contributed by atoms with van der Waals surface area (Å²) < 4.78 is 0. The maximum atomic E-state index is 2.27. The largest absolute Gasteiger partial charge is 0.0654 e. The van der Waals surface area contributed by atoms with Gasteiger partial charge in [0.1, 0.15) is 0 Å². The maximum Gasteiger partial charge on any atom is -0.0132 e. The van der Waals surface area contributed by atoms with Gasteiger partial charge in [0.2, 0.25) is 0 Å². The number of hydrogen-bond acceptors (Lipinski definition) is 0. The van der Waals surface area contributed by atoms with Crippen LogP contribution in [0.1, 0.15) is 186 Å². The first-order chi connectivity index (χ1) is 53.0. The zero-order valence-electron chi connectivity index (χ0n) is 72.3. The van der Waals surface area contributed by atoms with Crippen molar-refractivity contribution in [3.05, 3.63) is 427 Å². The van der Waals surface area contributed by atoms with Crippen LogP contribution in [0.4, 0.5) is 0 Å². The minimum atomic E-state index is 0.285. The lowest BCUT2D eigenvalue weighted by atomic mass is 9.87. The zero-order valence-corrected chi connectivity index (χ0v) is 72.3. The number of rotatable bonds is 9. The molecule has 0 heterocycles. The molecule has 0 radical (unpaired) electrons. The fourth-order valence-corrected chi connectivity index (χ4v) is 12.4. The molecule has 14 rings (SSSR count). The van der Waals surface area contributed by atoms with E-state index in [0.29, 0.717) is 5.92 Å². The predicted molar refractivity (Wildman–Crippen MR) is 496 cm³/mol. The summed E-state index contributed by atoms with van der Waals surface area (Å²) >= 11 is 0. The van der Waals surface area contributed by atoms with E-state index in [0.717, 1.165) is 5.92 Å². The molecular weight excluding hydrogens is 1330 g/mol. The SMILES string of the molecule is CCC(C)c1ccc(C)cc1.CCCCc1ccc(C)cc1.Cc1cc(C)c(C)c(C)c1.Cc1cc(C)cc(C)c1.Cc1ccc(-c2ccccc2)cc1.Cc1ccc(C(C)(C)C)cc1.Cc1ccc(CC(C)C)cc1.Cc1ccc2ccccc2c1.Cc1ccc2ccccc2c1.Cc1cccc(-c2ccccc2)c1. The molecule has 0 nitrogen and oxygen atoms in total. The van der Waals surface area contributed by atoms with Gasteiger partial charge in [0.05, 0.1) is 0 Å². The number of aryl methyl sites for hydroxylation is 15. The molecule has 111 heavy (non-hydrogen) atoms. The Labute approximate surface area is 675 Å². The molecule has 0 aromatic heterocycles. The molecule has 1 atom stereocenters. The third-order valence-electron chi connectivity index (χ3n) is 19.4. The smallest absolute Gasteiger partial charge is 0.0132 e. The lowest BCUT2D eigenvalue weighted by Crippen LogP contribution is -2.10. The van der Waals surface area contributed by atoms with Gasteiger partial charge in [-0.2, -0.15) is 0 Å². The van der Waals surface area contributed by atoms with Crippen LogP contribution in [-0.4, -0.2) is 0 Å². The standard InChI is InChI=1S/2C13H12.2C11H10.4C11H16.C10H14.C9H12/c1-11-6-5-9-13(10-11)12-7-3-2-4-8-12;1-11-7-9-13(10-8-11)12-5-3-2-4-6-12;2*1-9-6-7-10-4-2-3-5-11(10)8-9;1-9-5-7-10(8-6-9)11(2,3)4;1-9(2)8-11-6-4-10(3)5-7-11;1-4-10(3)11-7-5-9(2)6-8-11;1-3-4-5-11-8-6-10(2)7-9-11;1-7-5-8(2)10(4)9(3)6-7;1-7-4-8(2)6-9(3)5-7/h2*2-10H,1H3;2*2-8H,1H3;5-8H,1-4H3;4-7,9H,8H2,1-3H3;5-8,10H,4H2,1-3H3;6-9H,3-5H2,1-2H3;5-6H,1-4H3;4-6H,1-3H3. The summed E-state index contributed by atoms with van der Waals surface area (Å²) in [5.74, 6) is 1.47. The highest BCUT2D eigenvalue weighted by Crippen LogP contribution is 2.25. The summed E-state index contributed by atoms with van der Waals surface area (Å²) in [5.41, 5.74) is 31.5. The van der Waals surface area contributed by atoms with E-state index >= 15 is 0 Å². The van der Waals surface area contributed by atoms with Gasteiger partial charge < -0.3 is 0 Å². The third-order valence-corrected chi connectivity index (χ3v) is 19.4. The number of fused-ring (bicyclic) bond motifs is 2. The second-order valence-electron chi connectivity index (χ2n) is 31.9. The van der Waals surface area contributed by atoms with E-state index < -0.39 is 0 Å². The van der Waals surface area contributed by atoms with Crippen LogP contribution >= 0.6 is 0 Å². The predicted octanol–water partition coefficient (Wildman–Crippen LogP) is 32.5. The molecule has 0 aliphatic carbocycles. The monoisotopic (exact) mass is 1470 g/mol. The Morgan fingerprint density at radius 3 is 0.991 bits per heavy atom. The minimum absolute atomic E-state index is 0.285. The Morgan fingerprint density at radius 2 is 0.595 bits per heavy atom. The summed E-state index contributed by atoms with van der Waals surface area (Å²) in [7, 11) is 0. The highest BCUT2D eigenvalue weighted by atomic mass is 14.2. The van der Waals surface area contributed by atoms with Crippen LogP contribution in [0, 0.1) is 110 Å². The van der Waals surface area contributed by atoms with Crippen LogP contribution < -0.4 is 0 Å². The van der Waals surface area contributed by atoms with Crippen LogP contribution in [0.25, 0.3) is 43.8 Å². The van der Waals surface area contributed by atoms with Gasteiger partial charge in [-0.3, -0.25) is 0 Å². The first kappa shape index (κ1) is 91.2. The van der Waals surface area contributed by atoms with Crippen molar-refractivity contribution in [2.45, 2.75) is 203 Å². The molecule has 0 saturated carbocycles. The van der Waals surface area contributed by atoms with Gasteiger partial charge in [0.15, 0.2) is 0 Å². The molecule has 0 aliphatic heterocycles. The molecule has 14 aromatic rings. The van der Waals surface area contributed by atoms with Crippen molar-refractivity contribution in [2.24, 2.45) is 5.92 Å². The van der Waals surface area contributed by atoms with Gasteiger partial charge >= 0.3 is 0 Å². The second-order valence-corrected chi connectivity index (χ2v) is 31.9. The molecule has 1 unspecified atom stereocenters. The minimum Gasteiger partial charge on any atom is -0.0654 e. The fourth-order valence-electron chi connectivity index (χ4n) is 12.4. The van der Waals surface area contributed by atoms with Crippen LogP contribution in [0.5, 0.6) is 0 Å². The molecule has 0 saturated heterocycles. The second kappa shape index (κ2) is 49.0. The van der Waals surface area contributed by atoms with E-state index in [9.17, 15) is 0 Å². The Bertz CT molecular complexity index is 4720. The highest BCUT2D eigenvalue weighted by molar-refractivity contribution is 5.83. The van der Waals surface area contributed by atoms with Gasteiger partial charge in [-0.25, -0.2) is 0 Å². The van der Waals surface area contributed by atoms with Crippen LogP contribution in [-0.2, 0) is 18.3 Å². The Balaban J connectivity index is 0.000000221. The number of unbranched alkanes of at least 4 members (excludes halogenated alkanes) is 1. The Hall–Kier alpha value is -10.4. The van der Waals surface area contributed by atoms with Crippen molar-refractivity contribution >= 4 is 21.5 Å². The molecule has 578 valence electrons. The quantitative estimate of drug-likeness (QED) is 0.135. The van der Waals surface area contributed by atoms with Crippen molar-refractivity contribution < 1.29 is 0 Å². The molecule has 0 fully saturated rings. The summed E-state index contributed by atoms with van der Waals surface area (Å²) in [5, 5.41) is 5.29. The van der Waals surface area contributed by atoms with Crippen LogP contribution in [0.15, 0.2) is 322 Å². The van der Waals surface area contributed by atoms with Crippen LogP contribution in [0.2, 0.25) is 0 Å². The topological polar surface area (TPSA) is 0 Å². The van der Waals surface area contributed by atoms with Crippen molar-refractivity contribution in [1.29, 1.82) is 0 Å². The molecular formula is C111H134. The normalized spacial score (nSPS) is 10.5. The van der Waals surface area contributed by atoms with E-state index in [-0.39, 0.29) is 5.41 Å². The molecule has 14 aromatic carbocycles. The molecule has 0 bridgehead atoms. The molecule has 0 aliphatic rings. The molecule has 0 spiro atoms. The van der Waals surface area contributed by atoms with E-state index in [2.05, 4.69) is 469 Å². The fraction of sp³-hybridized carbons (Fsp3) is 0.279. The van der Waals surface area contributed by atoms with E-state index in [1.165, 1.54) is 182 Å². The lowest BCUT2D eigenvalue weighted by molar-refractivity contribution is 0.590. The zero-order chi connectivity index (χ0) is 81.3. The van der Waals surface area contributed by atoms with Gasteiger partial charge in [-0.05, 0) is 230 Å². The van der Waals surface area contributed by atoms with Crippen molar-refractivity contribution in [2.75, 3.05) is 0 Å². The first-order valence-corrected chi connectivity index (χ1v) is 40.5. The van der Waals surface area contributed by atoms with Gasteiger partial charge in [0, 0.05) is 0 Å². The maximum absolute atomic E-state index is 2.27.